The van der Waals surface area contributed by atoms with Crippen molar-refractivity contribution < 1.29 is 31.8 Å². The summed E-state index contributed by atoms with van der Waals surface area (Å²) in [6, 6.07) is 9.10. The van der Waals surface area contributed by atoms with Crippen LogP contribution in [-0.4, -0.2) is 36.8 Å². The Bertz CT molecular complexity index is 842. The molecule has 0 saturated carbocycles. The van der Waals surface area contributed by atoms with Gasteiger partial charge in [-0.05, 0) is 48.0 Å². The molecule has 28 heavy (non-hydrogen) atoms. The number of methoxy groups -OCH3 is 1. The highest BCUT2D eigenvalue weighted by molar-refractivity contribution is 8.00. The molecule has 1 amide bonds. The average molecular weight is 415 g/mol. The van der Waals surface area contributed by atoms with Crippen molar-refractivity contribution in [3.8, 4) is 11.5 Å². The molecule has 3 rings (SSSR count). The molecule has 0 bridgehead atoms. The van der Waals surface area contributed by atoms with Crippen molar-refractivity contribution in [1.82, 2.24) is 4.90 Å². The second-order valence-electron chi connectivity index (χ2n) is 6.00. The maximum atomic E-state index is 13.6. The topological polar surface area (TPSA) is 38.8 Å². The van der Waals surface area contributed by atoms with E-state index in [0.29, 0.717) is 17.6 Å². The Balaban J connectivity index is 1.74. The number of benzene rings is 2. The van der Waals surface area contributed by atoms with E-state index in [2.05, 4.69) is 0 Å². The molecule has 0 N–H and O–H groups in total. The van der Waals surface area contributed by atoms with Gasteiger partial charge in [0.25, 0.3) is 0 Å². The Morgan fingerprint density at radius 3 is 2.46 bits per heavy atom. The number of halogens is 4. The van der Waals surface area contributed by atoms with Crippen LogP contribution in [0.25, 0.3) is 0 Å². The summed E-state index contributed by atoms with van der Waals surface area (Å²) in [6.45, 7) is 0.169. The molecule has 1 aliphatic rings. The van der Waals surface area contributed by atoms with Gasteiger partial charge in [-0.15, -0.1) is 11.8 Å². The van der Waals surface area contributed by atoms with Crippen molar-refractivity contribution in [2.45, 2.75) is 11.6 Å². The van der Waals surface area contributed by atoms with Crippen molar-refractivity contribution in [3.63, 3.8) is 0 Å². The summed E-state index contributed by atoms with van der Waals surface area (Å²) in [7, 11) is 1.54. The average Bonchev–Trinajstić information content (AvgIpc) is 3.02. The maximum Gasteiger partial charge on any atom is 0.416 e. The van der Waals surface area contributed by atoms with Gasteiger partial charge in [0, 0.05) is 0 Å². The number of alkyl halides is 3. The largest absolute Gasteiger partial charge is 0.497 e. The highest BCUT2D eigenvalue weighted by atomic mass is 32.2. The van der Waals surface area contributed by atoms with Crippen LogP contribution in [0.2, 0.25) is 0 Å². The Labute approximate surface area is 163 Å². The van der Waals surface area contributed by atoms with Crippen LogP contribution in [0, 0.1) is 5.82 Å². The zero-order chi connectivity index (χ0) is 20.3. The number of hydrogen-bond acceptors (Lipinski definition) is 4. The number of carbonyl (C=O) groups excluding carboxylic acids is 1. The Hall–Kier alpha value is -2.42. The van der Waals surface area contributed by atoms with E-state index in [9.17, 15) is 22.4 Å². The number of rotatable bonds is 6. The van der Waals surface area contributed by atoms with Crippen molar-refractivity contribution >= 4 is 17.7 Å². The van der Waals surface area contributed by atoms with Crippen LogP contribution in [0.3, 0.4) is 0 Å². The summed E-state index contributed by atoms with van der Waals surface area (Å²) in [4.78, 5) is 13.5. The van der Waals surface area contributed by atoms with E-state index in [0.717, 1.165) is 23.9 Å². The van der Waals surface area contributed by atoms with Crippen molar-refractivity contribution in [2.75, 3.05) is 26.0 Å². The molecule has 9 heteroatoms. The van der Waals surface area contributed by atoms with E-state index in [1.165, 1.54) is 12.0 Å². The van der Waals surface area contributed by atoms with Crippen molar-refractivity contribution in [2.24, 2.45) is 0 Å². The number of carbonyl (C=O) groups is 1. The van der Waals surface area contributed by atoms with Gasteiger partial charge in [-0.1, -0.05) is 0 Å². The standard InChI is InChI=1S/C19H17F4NO3S/c1-26-13-3-5-14(6-4-13)27-9-8-24-17(25)11-28-18(24)15-10-12(20)2-7-16(15)19(21,22)23/h2-7,10,18H,8-9,11H2,1H3. The highest BCUT2D eigenvalue weighted by Crippen LogP contribution is 2.44. The molecule has 2 aromatic carbocycles. The van der Waals surface area contributed by atoms with Crippen LogP contribution < -0.4 is 9.47 Å². The zero-order valence-corrected chi connectivity index (χ0v) is 15.6. The van der Waals surface area contributed by atoms with E-state index >= 15 is 0 Å². The minimum atomic E-state index is -4.64. The third-order valence-corrected chi connectivity index (χ3v) is 5.45. The lowest BCUT2D eigenvalue weighted by Gasteiger charge is -2.26. The van der Waals surface area contributed by atoms with Crippen molar-refractivity contribution in [3.05, 3.63) is 59.4 Å². The van der Waals surface area contributed by atoms with Gasteiger partial charge in [0.15, 0.2) is 0 Å². The maximum absolute atomic E-state index is 13.6. The smallest absolute Gasteiger partial charge is 0.416 e. The molecule has 1 fully saturated rings. The fourth-order valence-corrected chi connectivity index (χ4v) is 4.13. The molecule has 0 spiro atoms. The Morgan fingerprint density at radius 1 is 1.14 bits per heavy atom. The SMILES string of the molecule is COc1ccc(OCCN2C(=O)CSC2c2cc(F)ccc2C(F)(F)F)cc1. The summed E-state index contributed by atoms with van der Waals surface area (Å²) < 4.78 is 64.2. The van der Waals surface area contributed by atoms with Gasteiger partial charge in [0.1, 0.15) is 29.3 Å². The van der Waals surface area contributed by atoms with E-state index in [1.54, 1.807) is 24.3 Å². The highest BCUT2D eigenvalue weighted by Gasteiger charge is 2.40. The molecular weight excluding hydrogens is 398 g/mol. The summed E-state index contributed by atoms with van der Waals surface area (Å²) in [5, 5.41) is -0.917. The first-order valence-corrected chi connectivity index (χ1v) is 9.39. The molecule has 0 radical (unpaired) electrons. The number of hydrogen-bond donors (Lipinski definition) is 0. The van der Waals surface area contributed by atoms with Gasteiger partial charge in [-0.2, -0.15) is 13.2 Å². The minimum absolute atomic E-state index is 0.0288. The first-order valence-electron chi connectivity index (χ1n) is 8.34. The van der Waals surface area contributed by atoms with Crippen LogP contribution in [0.4, 0.5) is 17.6 Å². The molecule has 4 nitrogen and oxygen atoms in total. The molecular formula is C19H17F4NO3S. The van der Waals surface area contributed by atoms with Gasteiger partial charge >= 0.3 is 6.18 Å². The molecule has 150 valence electrons. The van der Waals surface area contributed by atoms with Gasteiger partial charge in [0.05, 0.1) is 25.0 Å². The first kappa shape index (κ1) is 20.3. The van der Waals surface area contributed by atoms with Crippen LogP contribution in [0.5, 0.6) is 11.5 Å². The molecule has 2 aromatic rings. The predicted molar refractivity (Wildman–Crippen MR) is 96.8 cm³/mol. The van der Waals surface area contributed by atoms with Crippen LogP contribution in [-0.2, 0) is 11.0 Å². The summed E-state index contributed by atoms with van der Waals surface area (Å²) in [6.07, 6.45) is -4.64. The lowest BCUT2D eigenvalue weighted by atomic mass is 10.1. The van der Waals surface area contributed by atoms with Crippen molar-refractivity contribution in [1.29, 1.82) is 0 Å². The summed E-state index contributed by atoms with van der Waals surface area (Å²) >= 11 is 1.04. The predicted octanol–water partition coefficient (Wildman–Crippen LogP) is 4.51. The molecule has 1 unspecified atom stereocenters. The van der Waals surface area contributed by atoms with E-state index in [-0.39, 0.29) is 30.4 Å². The number of nitrogens with zero attached hydrogens (tertiary/aromatic N) is 1. The fourth-order valence-electron chi connectivity index (χ4n) is 2.88. The zero-order valence-electron chi connectivity index (χ0n) is 14.8. The molecule has 1 aliphatic heterocycles. The van der Waals surface area contributed by atoms with Gasteiger partial charge in [0.2, 0.25) is 5.91 Å². The quantitative estimate of drug-likeness (QED) is 0.651. The third-order valence-electron chi connectivity index (χ3n) is 4.21. The van der Waals surface area contributed by atoms with E-state index in [4.69, 9.17) is 9.47 Å². The van der Waals surface area contributed by atoms with Crippen LogP contribution in [0.1, 0.15) is 16.5 Å². The molecule has 1 atom stereocenters. The van der Waals surface area contributed by atoms with E-state index in [1.807, 2.05) is 0 Å². The third kappa shape index (κ3) is 4.52. The lowest BCUT2D eigenvalue weighted by Crippen LogP contribution is -2.33. The fraction of sp³-hybridized carbons (Fsp3) is 0.316. The number of thioether (sulfide) groups is 1. The Morgan fingerprint density at radius 2 is 1.82 bits per heavy atom. The number of ether oxygens (including phenoxy) is 2. The van der Waals surface area contributed by atoms with Gasteiger partial charge in [-0.3, -0.25) is 4.79 Å². The number of amides is 1. The summed E-state index contributed by atoms with van der Waals surface area (Å²) in [5.74, 6) is 0.131. The molecule has 0 aliphatic carbocycles. The molecule has 1 saturated heterocycles. The normalized spacial score (nSPS) is 17.1. The van der Waals surface area contributed by atoms with E-state index < -0.39 is 22.9 Å². The van der Waals surface area contributed by atoms with Crippen LogP contribution >= 0.6 is 11.8 Å². The second kappa shape index (κ2) is 8.30. The Kier molecular flexibility index (Phi) is 6.02. The first-order chi connectivity index (χ1) is 13.3. The van der Waals surface area contributed by atoms with Gasteiger partial charge in [-0.25, -0.2) is 4.39 Å². The lowest BCUT2D eigenvalue weighted by molar-refractivity contribution is -0.139. The van der Waals surface area contributed by atoms with Crippen LogP contribution in [0.15, 0.2) is 42.5 Å². The second-order valence-corrected chi connectivity index (χ2v) is 7.07. The van der Waals surface area contributed by atoms with Gasteiger partial charge < -0.3 is 14.4 Å². The minimum Gasteiger partial charge on any atom is -0.497 e. The molecule has 0 aromatic heterocycles. The monoisotopic (exact) mass is 415 g/mol. The molecule has 1 heterocycles. The summed E-state index contributed by atoms with van der Waals surface area (Å²) in [5.41, 5.74) is -1.20.